The molecule has 2 heterocycles. The van der Waals surface area contributed by atoms with Gasteiger partial charge in [0.05, 0.1) is 13.4 Å². The summed E-state index contributed by atoms with van der Waals surface area (Å²) in [4.78, 5) is 4.14. The van der Waals surface area contributed by atoms with Gasteiger partial charge in [-0.1, -0.05) is 12.1 Å². The highest BCUT2D eigenvalue weighted by Crippen LogP contribution is 2.35. The standard InChI is InChI=1S/C26H33N5O2S/c1-19-17-28-18-31(19)15-3-12-29-26(34)30-22-6-9-24(25(16-22)32-2)33-23-7-4-20(5-8-23)21-10-13-27-14-11-21/h4-9,16-18,21,27H,3,10-15H2,1-2H3,(H2,29,30,34). The first-order valence-electron chi connectivity index (χ1n) is 11.8. The highest BCUT2D eigenvalue weighted by atomic mass is 32.1. The molecule has 1 aromatic heterocycles. The minimum Gasteiger partial charge on any atom is -0.493 e. The Morgan fingerprint density at radius 3 is 2.65 bits per heavy atom. The van der Waals surface area contributed by atoms with Crippen molar-refractivity contribution in [2.75, 3.05) is 32.1 Å². The lowest BCUT2D eigenvalue weighted by Crippen LogP contribution is -2.29. The first-order chi connectivity index (χ1) is 16.6. The van der Waals surface area contributed by atoms with Crippen LogP contribution >= 0.6 is 12.2 Å². The summed E-state index contributed by atoms with van der Waals surface area (Å²) in [5.41, 5.74) is 3.38. The number of imidazole rings is 1. The van der Waals surface area contributed by atoms with Crippen molar-refractivity contribution in [1.29, 1.82) is 0 Å². The van der Waals surface area contributed by atoms with Crippen LogP contribution in [-0.2, 0) is 6.54 Å². The van der Waals surface area contributed by atoms with Gasteiger partial charge in [-0.15, -0.1) is 0 Å². The molecule has 0 radical (unpaired) electrons. The van der Waals surface area contributed by atoms with Gasteiger partial charge in [0.2, 0.25) is 0 Å². The molecule has 1 aliphatic rings. The zero-order valence-corrected chi connectivity index (χ0v) is 20.7. The Bertz CT molecular complexity index is 1080. The molecule has 2 aromatic carbocycles. The number of aromatic nitrogens is 2. The fourth-order valence-electron chi connectivity index (χ4n) is 4.17. The molecule has 0 amide bonds. The van der Waals surface area contributed by atoms with E-state index in [1.54, 1.807) is 7.11 Å². The number of nitrogens with zero attached hydrogens (tertiary/aromatic N) is 2. The summed E-state index contributed by atoms with van der Waals surface area (Å²) >= 11 is 5.44. The van der Waals surface area contributed by atoms with Gasteiger partial charge >= 0.3 is 0 Å². The van der Waals surface area contributed by atoms with Crippen LogP contribution in [0.25, 0.3) is 0 Å². The minimum absolute atomic E-state index is 0.576. The number of anilines is 1. The number of piperidine rings is 1. The van der Waals surface area contributed by atoms with E-state index in [1.807, 2.05) is 42.9 Å². The van der Waals surface area contributed by atoms with E-state index in [2.05, 4.69) is 44.6 Å². The Morgan fingerprint density at radius 2 is 1.94 bits per heavy atom. The molecule has 1 saturated heterocycles. The topological polar surface area (TPSA) is 72.4 Å². The highest BCUT2D eigenvalue weighted by molar-refractivity contribution is 7.80. The number of rotatable bonds is 9. The summed E-state index contributed by atoms with van der Waals surface area (Å²) in [6.07, 6.45) is 7.04. The fraction of sp³-hybridized carbons (Fsp3) is 0.385. The average Bonchev–Trinajstić information content (AvgIpc) is 3.28. The number of benzene rings is 2. The second-order valence-corrected chi connectivity index (χ2v) is 8.93. The van der Waals surface area contributed by atoms with Gasteiger partial charge in [-0.2, -0.15) is 0 Å². The van der Waals surface area contributed by atoms with E-state index in [0.29, 0.717) is 22.5 Å². The number of nitrogens with one attached hydrogen (secondary N) is 3. The van der Waals surface area contributed by atoms with Crippen LogP contribution in [0.15, 0.2) is 55.0 Å². The van der Waals surface area contributed by atoms with Gasteiger partial charge in [0.25, 0.3) is 0 Å². The second-order valence-electron chi connectivity index (χ2n) is 8.52. The molecule has 0 spiro atoms. The lowest BCUT2D eigenvalue weighted by molar-refractivity contribution is 0.379. The molecule has 1 fully saturated rings. The van der Waals surface area contributed by atoms with Crippen molar-refractivity contribution >= 4 is 23.0 Å². The zero-order chi connectivity index (χ0) is 23.8. The van der Waals surface area contributed by atoms with Gasteiger partial charge in [-0.3, -0.25) is 0 Å². The van der Waals surface area contributed by atoms with Crippen LogP contribution < -0.4 is 25.4 Å². The summed E-state index contributed by atoms with van der Waals surface area (Å²) in [5, 5.41) is 10.5. The zero-order valence-electron chi connectivity index (χ0n) is 19.8. The maximum Gasteiger partial charge on any atom is 0.170 e. The molecule has 34 heavy (non-hydrogen) atoms. The molecule has 8 heteroatoms. The Balaban J connectivity index is 1.28. The normalized spacial score (nSPS) is 13.9. The molecule has 3 N–H and O–H groups in total. The molecule has 0 atom stereocenters. The van der Waals surface area contributed by atoms with Gasteiger partial charge in [0.1, 0.15) is 5.75 Å². The Morgan fingerprint density at radius 1 is 1.15 bits per heavy atom. The van der Waals surface area contributed by atoms with Gasteiger partial charge < -0.3 is 30.0 Å². The third-order valence-corrected chi connectivity index (χ3v) is 6.37. The molecule has 0 aliphatic carbocycles. The second kappa shape index (κ2) is 11.9. The molecule has 180 valence electrons. The summed E-state index contributed by atoms with van der Waals surface area (Å²) in [5.74, 6) is 2.73. The molecular weight excluding hydrogens is 446 g/mol. The fourth-order valence-corrected chi connectivity index (χ4v) is 4.39. The predicted molar refractivity (Wildman–Crippen MR) is 140 cm³/mol. The number of methoxy groups -OCH3 is 1. The quantitative estimate of drug-likeness (QED) is 0.300. The number of hydrogen-bond donors (Lipinski definition) is 3. The van der Waals surface area contributed by atoms with Crippen molar-refractivity contribution in [3.63, 3.8) is 0 Å². The Labute approximate surface area is 206 Å². The van der Waals surface area contributed by atoms with Gasteiger partial charge in [-0.25, -0.2) is 4.98 Å². The van der Waals surface area contributed by atoms with Crippen LogP contribution in [0.3, 0.4) is 0 Å². The highest BCUT2D eigenvalue weighted by Gasteiger charge is 2.15. The van der Waals surface area contributed by atoms with Crippen molar-refractivity contribution in [3.8, 4) is 17.2 Å². The van der Waals surface area contributed by atoms with Gasteiger partial charge in [-0.05, 0) is 87.2 Å². The smallest absolute Gasteiger partial charge is 0.170 e. The SMILES string of the molecule is COc1cc(NC(=S)NCCCn2cncc2C)ccc1Oc1ccc(C2CCNCC2)cc1. The Hall–Kier alpha value is -3.10. The van der Waals surface area contributed by atoms with E-state index in [0.717, 1.165) is 49.7 Å². The first-order valence-corrected chi connectivity index (χ1v) is 12.2. The van der Waals surface area contributed by atoms with E-state index >= 15 is 0 Å². The predicted octanol–water partition coefficient (Wildman–Crippen LogP) is 4.84. The lowest BCUT2D eigenvalue weighted by atomic mass is 9.90. The number of ether oxygens (including phenoxy) is 2. The summed E-state index contributed by atoms with van der Waals surface area (Å²) in [7, 11) is 1.64. The van der Waals surface area contributed by atoms with Crippen LogP contribution in [0.5, 0.6) is 17.2 Å². The summed E-state index contributed by atoms with van der Waals surface area (Å²) < 4.78 is 13.8. The van der Waals surface area contributed by atoms with E-state index in [1.165, 1.54) is 18.4 Å². The van der Waals surface area contributed by atoms with Crippen LogP contribution in [-0.4, -0.2) is 41.4 Å². The largest absolute Gasteiger partial charge is 0.493 e. The molecule has 0 saturated carbocycles. The minimum atomic E-state index is 0.576. The van der Waals surface area contributed by atoms with Gasteiger partial charge in [0, 0.05) is 36.7 Å². The number of thiocarbonyl (C=S) groups is 1. The van der Waals surface area contributed by atoms with Crippen LogP contribution in [0.1, 0.15) is 36.4 Å². The molecule has 7 nitrogen and oxygen atoms in total. The maximum atomic E-state index is 6.11. The van der Waals surface area contributed by atoms with E-state index < -0.39 is 0 Å². The molecule has 1 aliphatic heterocycles. The van der Waals surface area contributed by atoms with Crippen molar-refractivity contribution in [3.05, 3.63) is 66.2 Å². The van der Waals surface area contributed by atoms with Crippen molar-refractivity contribution < 1.29 is 9.47 Å². The van der Waals surface area contributed by atoms with E-state index in [-0.39, 0.29) is 0 Å². The molecule has 4 rings (SSSR count). The van der Waals surface area contributed by atoms with Crippen LogP contribution in [0.4, 0.5) is 5.69 Å². The molecular formula is C26H33N5O2S. The third-order valence-electron chi connectivity index (χ3n) is 6.12. The van der Waals surface area contributed by atoms with Gasteiger partial charge in [0.15, 0.2) is 16.6 Å². The molecule has 0 bridgehead atoms. The average molecular weight is 480 g/mol. The van der Waals surface area contributed by atoms with Crippen molar-refractivity contribution in [1.82, 2.24) is 20.2 Å². The summed E-state index contributed by atoms with van der Waals surface area (Å²) in [6.45, 7) is 5.91. The Kier molecular flexibility index (Phi) is 8.38. The molecule has 0 unspecified atom stereocenters. The first kappa shape index (κ1) is 24.0. The number of hydrogen-bond acceptors (Lipinski definition) is 5. The van der Waals surface area contributed by atoms with Crippen molar-refractivity contribution in [2.24, 2.45) is 0 Å². The summed E-state index contributed by atoms with van der Waals surface area (Å²) in [6, 6.07) is 14.1. The van der Waals surface area contributed by atoms with Crippen LogP contribution in [0.2, 0.25) is 0 Å². The van der Waals surface area contributed by atoms with E-state index in [4.69, 9.17) is 21.7 Å². The van der Waals surface area contributed by atoms with Crippen molar-refractivity contribution in [2.45, 2.75) is 38.6 Å². The molecule has 3 aromatic rings. The number of aryl methyl sites for hydroxylation is 2. The van der Waals surface area contributed by atoms with E-state index in [9.17, 15) is 0 Å². The van der Waals surface area contributed by atoms with Crippen LogP contribution in [0, 0.1) is 6.92 Å². The monoisotopic (exact) mass is 479 g/mol. The third kappa shape index (κ3) is 6.48. The lowest BCUT2D eigenvalue weighted by Gasteiger charge is -2.23. The maximum absolute atomic E-state index is 6.11.